The molecule has 1 fully saturated rings. The van der Waals surface area contributed by atoms with Crippen molar-refractivity contribution < 1.29 is 9.47 Å². The number of ether oxygens (including phenoxy) is 2. The fourth-order valence-corrected chi connectivity index (χ4v) is 2.59. The Morgan fingerprint density at radius 3 is 2.45 bits per heavy atom. The summed E-state index contributed by atoms with van der Waals surface area (Å²) < 4.78 is 11.2. The average Bonchev–Trinajstić information content (AvgIpc) is 2.82. The monoisotopic (exact) mass is 305 g/mol. The van der Waals surface area contributed by atoms with Gasteiger partial charge in [0.2, 0.25) is 0 Å². The molecule has 22 heavy (non-hydrogen) atoms. The van der Waals surface area contributed by atoms with Crippen molar-refractivity contribution in [2.45, 2.75) is 38.7 Å². The summed E-state index contributed by atoms with van der Waals surface area (Å²) in [6, 6.07) is 7.64. The number of para-hydroxylation sites is 2. The number of hydrogen-bond donors (Lipinski definition) is 1. The summed E-state index contributed by atoms with van der Waals surface area (Å²) >= 11 is 0. The molecule has 0 aromatic heterocycles. The molecule has 0 spiro atoms. The van der Waals surface area contributed by atoms with Gasteiger partial charge in [-0.1, -0.05) is 25.0 Å². The Morgan fingerprint density at radius 2 is 1.82 bits per heavy atom. The molecule has 1 aliphatic rings. The van der Waals surface area contributed by atoms with Crippen LogP contribution in [0.3, 0.4) is 0 Å². The van der Waals surface area contributed by atoms with E-state index in [1.165, 1.54) is 25.7 Å². The van der Waals surface area contributed by atoms with Crippen LogP contribution >= 0.6 is 0 Å². The Morgan fingerprint density at radius 1 is 1.18 bits per heavy atom. The molecule has 0 radical (unpaired) electrons. The first-order chi connectivity index (χ1) is 10.7. The Balaban J connectivity index is 1.88. The van der Waals surface area contributed by atoms with Gasteiger partial charge in [-0.25, -0.2) is 4.99 Å². The van der Waals surface area contributed by atoms with Crippen LogP contribution in [0.4, 0.5) is 0 Å². The van der Waals surface area contributed by atoms with Crippen LogP contribution in [0.2, 0.25) is 0 Å². The van der Waals surface area contributed by atoms with E-state index >= 15 is 0 Å². The second kappa shape index (κ2) is 8.51. The summed E-state index contributed by atoms with van der Waals surface area (Å²) in [6.07, 6.45) is 4.92. The normalized spacial score (nSPS) is 17.7. The molecule has 2 rings (SSSR count). The standard InChI is InChI=1S/C17H27N3O2/c1-14(22-16-10-6-5-9-15(16)21-2)13-19-17(18)20-11-7-3-4-8-12-20/h5-6,9-10,14H,3-4,7-8,11-13H2,1-2H3,(H2,18,19). The SMILES string of the molecule is COc1ccccc1OC(C)CN=C(N)N1CCCCCC1. The van der Waals surface area contributed by atoms with Crippen molar-refractivity contribution in [1.29, 1.82) is 0 Å². The molecular weight excluding hydrogens is 278 g/mol. The molecule has 122 valence electrons. The van der Waals surface area contributed by atoms with Gasteiger partial charge in [-0.05, 0) is 31.9 Å². The van der Waals surface area contributed by atoms with Gasteiger partial charge < -0.3 is 20.1 Å². The Bertz CT molecular complexity index is 483. The topological polar surface area (TPSA) is 60.1 Å². The molecule has 5 nitrogen and oxygen atoms in total. The molecule has 1 aliphatic heterocycles. The summed E-state index contributed by atoms with van der Waals surface area (Å²) in [5.41, 5.74) is 6.11. The summed E-state index contributed by atoms with van der Waals surface area (Å²) in [6.45, 7) is 4.56. The molecule has 1 unspecified atom stereocenters. The van der Waals surface area contributed by atoms with Gasteiger partial charge in [-0.2, -0.15) is 0 Å². The lowest BCUT2D eigenvalue weighted by molar-refractivity contribution is 0.219. The van der Waals surface area contributed by atoms with E-state index in [9.17, 15) is 0 Å². The number of aliphatic imine (C=N–C) groups is 1. The molecule has 1 aromatic rings. The Labute approximate surface area is 133 Å². The van der Waals surface area contributed by atoms with Crippen LogP contribution in [0.25, 0.3) is 0 Å². The van der Waals surface area contributed by atoms with Gasteiger partial charge in [0.05, 0.1) is 13.7 Å². The van der Waals surface area contributed by atoms with Crippen molar-refractivity contribution in [3.63, 3.8) is 0 Å². The molecule has 1 saturated heterocycles. The van der Waals surface area contributed by atoms with Crippen LogP contribution in [-0.2, 0) is 0 Å². The third-order valence-electron chi connectivity index (χ3n) is 3.84. The van der Waals surface area contributed by atoms with E-state index in [0.717, 1.165) is 24.6 Å². The van der Waals surface area contributed by atoms with Gasteiger partial charge in [-0.3, -0.25) is 0 Å². The fourth-order valence-electron chi connectivity index (χ4n) is 2.59. The summed E-state index contributed by atoms with van der Waals surface area (Å²) in [4.78, 5) is 6.68. The fraction of sp³-hybridized carbons (Fsp3) is 0.588. The molecule has 1 atom stereocenters. The summed E-state index contributed by atoms with van der Waals surface area (Å²) in [5, 5.41) is 0. The second-order valence-corrected chi connectivity index (χ2v) is 5.68. The number of likely N-dealkylation sites (tertiary alicyclic amines) is 1. The maximum Gasteiger partial charge on any atom is 0.191 e. The van der Waals surface area contributed by atoms with Crippen molar-refractivity contribution in [2.24, 2.45) is 10.7 Å². The maximum absolute atomic E-state index is 6.11. The van der Waals surface area contributed by atoms with Gasteiger partial charge in [0.15, 0.2) is 17.5 Å². The van der Waals surface area contributed by atoms with Gasteiger partial charge in [0.1, 0.15) is 6.10 Å². The van der Waals surface area contributed by atoms with Gasteiger partial charge in [0, 0.05) is 13.1 Å². The zero-order chi connectivity index (χ0) is 15.8. The van der Waals surface area contributed by atoms with Gasteiger partial charge in [0.25, 0.3) is 0 Å². The predicted octanol–water partition coefficient (Wildman–Crippen LogP) is 2.65. The zero-order valence-corrected chi connectivity index (χ0v) is 13.6. The van der Waals surface area contributed by atoms with Crippen LogP contribution in [0.15, 0.2) is 29.3 Å². The molecule has 0 bridgehead atoms. The highest BCUT2D eigenvalue weighted by atomic mass is 16.5. The van der Waals surface area contributed by atoms with Crippen LogP contribution in [0.1, 0.15) is 32.6 Å². The number of nitrogens with zero attached hydrogens (tertiary/aromatic N) is 2. The van der Waals surface area contributed by atoms with E-state index in [2.05, 4.69) is 9.89 Å². The van der Waals surface area contributed by atoms with Crippen LogP contribution in [0, 0.1) is 0 Å². The van der Waals surface area contributed by atoms with Gasteiger partial charge >= 0.3 is 0 Å². The number of nitrogens with two attached hydrogens (primary N) is 1. The maximum atomic E-state index is 6.11. The molecule has 2 N–H and O–H groups in total. The van der Waals surface area contributed by atoms with E-state index in [4.69, 9.17) is 15.2 Å². The van der Waals surface area contributed by atoms with E-state index < -0.39 is 0 Å². The van der Waals surface area contributed by atoms with Crippen molar-refractivity contribution >= 4 is 5.96 Å². The molecule has 5 heteroatoms. The number of hydrogen-bond acceptors (Lipinski definition) is 3. The first-order valence-corrected chi connectivity index (χ1v) is 8.05. The highest BCUT2D eigenvalue weighted by Gasteiger charge is 2.12. The lowest BCUT2D eigenvalue weighted by Crippen LogP contribution is -2.38. The lowest BCUT2D eigenvalue weighted by atomic mass is 10.2. The number of guanidine groups is 1. The molecular formula is C17H27N3O2. The smallest absolute Gasteiger partial charge is 0.191 e. The minimum atomic E-state index is -0.0539. The Hall–Kier alpha value is -1.91. The summed E-state index contributed by atoms with van der Waals surface area (Å²) in [5.74, 6) is 2.11. The van der Waals surface area contributed by atoms with Crippen LogP contribution in [0.5, 0.6) is 11.5 Å². The largest absolute Gasteiger partial charge is 0.493 e. The third-order valence-corrected chi connectivity index (χ3v) is 3.84. The second-order valence-electron chi connectivity index (χ2n) is 5.68. The Kier molecular flexibility index (Phi) is 6.37. The van der Waals surface area contributed by atoms with Crippen molar-refractivity contribution in [3.8, 4) is 11.5 Å². The van der Waals surface area contributed by atoms with E-state index in [1.807, 2.05) is 31.2 Å². The number of methoxy groups -OCH3 is 1. The van der Waals surface area contributed by atoms with E-state index in [-0.39, 0.29) is 6.10 Å². The molecule has 1 aromatic carbocycles. The molecule has 1 heterocycles. The van der Waals surface area contributed by atoms with Gasteiger partial charge in [-0.15, -0.1) is 0 Å². The first-order valence-electron chi connectivity index (χ1n) is 8.05. The quantitative estimate of drug-likeness (QED) is 0.671. The van der Waals surface area contributed by atoms with E-state index in [1.54, 1.807) is 7.11 Å². The molecule has 0 aliphatic carbocycles. The number of benzene rings is 1. The van der Waals surface area contributed by atoms with Crippen LogP contribution in [-0.4, -0.2) is 43.7 Å². The van der Waals surface area contributed by atoms with Crippen molar-refractivity contribution in [2.75, 3.05) is 26.7 Å². The summed E-state index contributed by atoms with van der Waals surface area (Å²) in [7, 11) is 1.64. The lowest BCUT2D eigenvalue weighted by Gasteiger charge is -2.22. The minimum absolute atomic E-state index is 0.0539. The first kappa shape index (κ1) is 16.5. The van der Waals surface area contributed by atoms with Crippen LogP contribution < -0.4 is 15.2 Å². The third kappa shape index (κ3) is 4.83. The van der Waals surface area contributed by atoms with Crippen molar-refractivity contribution in [1.82, 2.24) is 4.90 Å². The molecule has 0 saturated carbocycles. The predicted molar refractivity (Wildman–Crippen MR) is 89.6 cm³/mol. The van der Waals surface area contributed by atoms with E-state index in [0.29, 0.717) is 12.5 Å². The number of rotatable bonds is 5. The average molecular weight is 305 g/mol. The highest BCUT2D eigenvalue weighted by molar-refractivity contribution is 5.78. The molecule has 0 amide bonds. The highest BCUT2D eigenvalue weighted by Crippen LogP contribution is 2.26. The van der Waals surface area contributed by atoms with Crippen molar-refractivity contribution in [3.05, 3.63) is 24.3 Å². The zero-order valence-electron chi connectivity index (χ0n) is 13.6. The minimum Gasteiger partial charge on any atom is -0.493 e.